The lowest BCUT2D eigenvalue weighted by atomic mass is 10.1. The first kappa shape index (κ1) is 16.2. The summed E-state index contributed by atoms with van der Waals surface area (Å²) in [5, 5.41) is 7.12. The van der Waals surface area contributed by atoms with Crippen molar-refractivity contribution in [1.82, 2.24) is 25.1 Å². The molecule has 0 aliphatic carbocycles. The van der Waals surface area contributed by atoms with E-state index in [2.05, 4.69) is 25.3 Å². The predicted molar refractivity (Wildman–Crippen MR) is 92.3 cm³/mol. The van der Waals surface area contributed by atoms with E-state index < -0.39 is 0 Å². The molecule has 1 saturated heterocycles. The van der Waals surface area contributed by atoms with Gasteiger partial charge in [-0.25, -0.2) is 4.98 Å². The van der Waals surface area contributed by atoms with Crippen molar-refractivity contribution < 1.29 is 4.79 Å². The molecule has 0 radical (unpaired) electrons. The number of aryl methyl sites for hydroxylation is 1. The molecule has 1 amide bonds. The van der Waals surface area contributed by atoms with Crippen LogP contribution in [0, 0.1) is 0 Å². The molecule has 0 saturated carbocycles. The summed E-state index contributed by atoms with van der Waals surface area (Å²) in [7, 11) is 5.70. The summed E-state index contributed by atoms with van der Waals surface area (Å²) in [6.45, 7) is 1.65. The highest BCUT2D eigenvalue weighted by molar-refractivity contribution is 5.92. The van der Waals surface area contributed by atoms with Crippen LogP contribution in [0.2, 0.25) is 0 Å². The fourth-order valence-electron chi connectivity index (χ4n) is 2.82. The van der Waals surface area contributed by atoms with Gasteiger partial charge >= 0.3 is 0 Å². The SMILES string of the molecule is CN(C)c1ccnc(N2CCC(NC(=O)c3ccnn3C)CC2)n1. The lowest BCUT2D eigenvalue weighted by Gasteiger charge is -2.32. The Hall–Kier alpha value is -2.64. The number of carbonyl (C=O) groups is 1. The largest absolute Gasteiger partial charge is 0.363 e. The van der Waals surface area contributed by atoms with Gasteiger partial charge in [0.1, 0.15) is 11.5 Å². The lowest BCUT2D eigenvalue weighted by Crippen LogP contribution is -2.45. The molecule has 3 rings (SSSR count). The Bertz CT molecular complexity index is 704. The molecule has 2 aromatic rings. The van der Waals surface area contributed by atoms with E-state index in [1.807, 2.05) is 25.1 Å². The van der Waals surface area contributed by atoms with Crippen LogP contribution in [0.3, 0.4) is 0 Å². The lowest BCUT2D eigenvalue weighted by molar-refractivity contribution is 0.0921. The monoisotopic (exact) mass is 329 g/mol. The molecule has 0 spiro atoms. The van der Waals surface area contributed by atoms with Crippen molar-refractivity contribution in [2.75, 3.05) is 37.0 Å². The molecule has 0 aromatic carbocycles. The smallest absolute Gasteiger partial charge is 0.269 e. The third-order valence-electron chi connectivity index (χ3n) is 4.25. The van der Waals surface area contributed by atoms with Gasteiger partial charge < -0.3 is 15.1 Å². The van der Waals surface area contributed by atoms with Crippen LogP contribution in [-0.4, -0.2) is 58.9 Å². The van der Waals surface area contributed by atoms with E-state index >= 15 is 0 Å². The van der Waals surface area contributed by atoms with Crippen molar-refractivity contribution in [3.63, 3.8) is 0 Å². The molecule has 1 aliphatic heterocycles. The van der Waals surface area contributed by atoms with Crippen molar-refractivity contribution in [2.24, 2.45) is 7.05 Å². The Morgan fingerprint density at radius 3 is 2.62 bits per heavy atom. The van der Waals surface area contributed by atoms with Gasteiger partial charge in [-0.2, -0.15) is 10.1 Å². The quantitative estimate of drug-likeness (QED) is 0.888. The molecule has 1 fully saturated rings. The number of nitrogens with one attached hydrogen (secondary N) is 1. The minimum absolute atomic E-state index is 0.0701. The third-order valence-corrected chi connectivity index (χ3v) is 4.25. The second kappa shape index (κ2) is 6.86. The second-order valence-corrected chi connectivity index (χ2v) is 6.18. The van der Waals surface area contributed by atoms with Gasteiger partial charge in [-0.3, -0.25) is 9.48 Å². The number of nitrogens with zero attached hydrogens (tertiary/aromatic N) is 6. The Balaban J connectivity index is 1.57. The third kappa shape index (κ3) is 3.47. The van der Waals surface area contributed by atoms with Crippen molar-refractivity contribution in [2.45, 2.75) is 18.9 Å². The van der Waals surface area contributed by atoms with Gasteiger partial charge in [0.05, 0.1) is 0 Å². The van der Waals surface area contributed by atoms with Crippen LogP contribution in [0.15, 0.2) is 24.5 Å². The summed E-state index contributed by atoms with van der Waals surface area (Å²) >= 11 is 0. The van der Waals surface area contributed by atoms with Gasteiger partial charge in [0.2, 0.25) is 5.95 Å². The van der Waals surface area contributed by atoms with Crippen molar-refractivity contribution >= 4 is 17.7 Å². The van der Waals surface area contributed by atoms with E-state index in [-0.39, 0.29) is 11.9 Å². The fraction of sp³-hybridized carbons (Fsp3) is 0.500. The average Bonchev–Trinajstić information content (AvgIpc) is 3.02. The van der Waals surface area contributed by atoms with E-state index in [0.717, 1.165) is 37.7 Å². The van der Waals surface area contributed by atoms with Gasteiger partial charge in [0.15, 0.2) is 0 Å². The second-order valence-electron chi connectivity index (χ2n) is 6.18. The first-order chi connectivity index (χ1) is 11.5. The van der Waals surface area contributed by atoms with Gasteiger partial charge in [0.25, 0.3) is 5.91 Å². The van der Waals surface area contributed by atoms with Crippen LogP contribution in [0.5, 0.6) is 0 Å². The molecule has 0 atom stereocenters. The van der Waals surface area contributed by atoms with E-state index in [4.69, 9.17) is 0 Å². The van der Waals surface area contributed by atoms with Crippen LogP contribution in [0.4, 0.5) is 11.8 Å². The van der Waals surface area contributed by atoms with Crippen LogP contribution in [0.1, 0.15) is 23.3 Å². The maximum atomic E-state index is 12.3. The van der Waals surface area contributed by atoms with Crippen molar-refractivity contribution in [1.29, 1.82) is 0 Å². The number of hydrogen-bond acceptors (Lipinski definition) is 6. The number of carbonyl (C=O) groups excluding carboxylic acids is 1. The van der Waals surface area contributed by atoms with Crippen LogP contribution in [0.25, 0.3) is 0 Å². The molecule has 8 nitrogen and oxygen atoms in total. The summed E-state index contributed by atoms with van der Waals surface area (Å²) in [6.07, 6.45) is 5.17. The maximum absolute atomic E-state index is 12.3. The van der Waals surface area contributed by atoms with E-state index in [1.165, 1.54) is 0 Å². The molecule has 1 N–H and O–H groups in total. The minimum atomic E-state index is -0.0701. The zero-order chi connectivity index (χ0) is 17.1. The van der Waals surface area contributed by atoms with Gasteiger partial charge in [-0.05, 0) is 25.0 Å². The Morgan fingerprint density at radius 1 is 1.25 bits per heavy atom. The number of amides is 1. The molecule has 3 heterocycles. The van der Waals surface area contributed by atoms with E-state index in [0.29, 0.717) is 5.69 Å². The number of aromatic nitrogens is 4. The minimum Gasteiger partial charge on any atom is -0.363 e. The van der Waals surface area contributed by atoms with E-state index in [1.54, 1.807) is 30.2 Å². The summed E-state index contributed by atoms with van der Waals surface area (Å²) in [4.78, 5) is 25.3. The molecule has 8 heteroatoms. The number of anilines is 2. The zero-order valence-electron chi connectivity index (χ0n) is 14.3. The molecule has 0 bridgehead atoms. The molecule has 1 aliphatic rings. The summed E-state index contributed by atoms with van der Waals surface area (Å²) < 4.78 is 1.59. The Labute approximate surface area is 141 Å². The molecule has 128 valence electrons. The van der Waals surface area contributed by atoms with Crippen LogP contribution in [-0.2, 0) is 7.05 Å². The van der Waals surface area contributed by atoms with Crippen LogP contribution < -0.4 is 15.1 Å². The first-order valence-electron chi connectivity index (χ1n) is 8.09. The number of hydrogen-bond donors (Lipinski definition) is 1. The summed E-state index contributed by atoms with van der Waals surface area (Å²) in [5.74, 6) is 1.57. The van der Waals surface area contributed by atoms with Gasteiger partial charge in [-0.15, -0.1) is 0 Å². The van der Waals surface area contributed by atoms with Crippen molar-refractivity contribution in [3.8, 4) is 0 Å². The van der Waals surface area contributed by atoms with Crippen LogP contribution >= 0.6 is 0 Å². The molecule has 2 aromatic heterocycles. The highest BCUT2D eigenvalue weighted by Crippen LogP contribution is 2.18. The highest BCUT2D eigenvalue weighted by atomic mass is 16.2. The van der Waals surface area contributed by atoms with Gasteiger partial charge in [0, 0.05) is 52.7 Å². The fourth-order valence-corrected chi connectivity index (χ4v) is 2.82. The molecule has 24 heavy (non-hydrogen) atoms. The first-order valence-corrected chi connectivity index (χ1v) is 8.09. The maximum Gasteiger partial charge on any atom is 0.269 e. The standard InChI is InChI=1S/C16H23N7O/c1-21(2)14-5-8-17-16(20-14)23-10-6-12(7-11-23)19-15(24)13-4-9-18-22(13)3/h4-5,8-9,12H,6-7,10-11H2,1-3H3,(H,19,24). The van der Waals surface area contributed by atoms with Crippen molar-refractivity contribution in [3.05, 3.63) is 30.2 Å². The Morgan fingerprint density at radius 2 is 2.00 bits per heavy atom. The topological polar surface area (TPSA) is 79.2 Å². The zero-order valence-corrected chi connectivity index (χ0v) is 14.3. The summed E-state index contributed by atoms with van der Waals surface area (Å²) in [5.41, 5.74) is 0.583. The van der Waals surface area contributed by atoms with Gasteiger partial charge in [-0.1, -0.05) is 0 Å². The predicted octanol–water partition coefficient (Wildman–Crippen LogP) is 0.675. The Kier molecular flexibility index (Phi) is 4.64. The van der Waals surface area contributed by atoms with E-state index in [9.17, 15) is 4.79 Å². The molecular formula is C16H23N7O. The normalized spacial score (nSPS) is 15.4. The number of piperidine rings is 1. The molecule has 0 unspecified atom stereocenters. The number of rotatable bonds is 4. The average molecular weight is 329 g/mol. The summed E-state index contributed by atoms with van der Waals surface area (Å²) in [6, 6.07) is 3.79. The molecular weight excluding hydrogens is 306 g/mol. The highest BCUT2D eigenvalue weighted by Gasteiger charge is 2.23.